The van der Waals surface area contributed by atoms with Crippen LogP contribution in [-0.4, -0.2) is 36.2 Å². The first kappa shape index (κ1) is 14.9. The van der Waals surface area contributed by atoms with Gasteiger partial charge in [-0.05, 0) is 34.5 Å². The highest BCUT2D eigenvalue weighted by Crippen LogP contribution is 2.22. The number of hydrogen-bond acceptors (Lipinski definition) is 3. The van der Waals surface area contributed by atoms with E-state index in [1.807, 2.05) is 36.4 Å². The first-order valence-corrected chi connectivity index (χ1v) is 6.56. The lowest BCUT2D eigenvalue weighted by Gasteiger charge is -2.17. The van der Waals surface area contributed by atoms with Crippen molar-refractivity contribution in [1.82, 2.24) is 4.90 Å². The number of methoxy groups -OCH3 is 1. The van der Waals surface area contributed by atoms with Crippen molar-refractivity contribution < 1.29 is 14.6 Å². The minimum absolute atomic E-state index is 0.0646. The Balaban J connectivity index is 2.21. The van der Waals surface area contributed by atoms with Crippen LogP contribution in [0.25, 0.3) is 10.8 Å². The molecule has 108 valence electrons. The van der Waals surface area contributed by atoms with Crippen LogP contribution in [0, 0.1) is 12.3 Å². The predicted octanol–water partition coefficient (Wildman–Crippen LogP) is 2.37. The van der Waals surface area contributed by atoms with E-state index in [1.54, 1.807) is 12.0 Å². The number of hydrogen-bond donors (Lipinski definition) is 1. The second-order valence-electron chi connectivity index (χ2n) is 4.79. The summed E-state index contributed by atoms with van der Waals surface area (Å²) in [5, 5.41) is 11.1. The highest BCUT2D eigenvalue weighted by molar-refractivity contribution is 5.84. The predicted molar refractivity (Wildman–Crippen MR) is 82.2 cm³/mol. The molecule has 0 fully saturated rings. The zero-order chi connectivity index (χ0) is 15.2. The summed E-state index contributed by atoms with van der Waals surface area (Å²) in [6, 6.07) is 11.9. The van der Waals surface area contributed by atoms with Gasteiger partial charge in [0.2, 0.25) is 0 Å². The molecule has 2 rings (SSSR count). The Morgan fingerprint density at radius 2 is 2.00 bits per heavy atom. The molecule has 0 heterocycles. The van der Waals surface area contributed by atoms with E-state index in [2.05, 4.69) is 5.92 Å². The molecule has 0 atom stereocenters. The van der Waals surface area contributed by atoms with Gasteiger partial charge in [-0.25, -0.2) is 0 Å². The van der Waals surface area contributed by atoms with Gasteiger partial charge in [0.05, 0.1) is 20.2 Å². The van der Waals surface area contributed by atoms with Crippen molar-refractivity contribution >= 4 is 16.7 Å². The number of rotatable bonds is 6. The number of carbonyl (C=O) groups is 1. The van der Waals surface area contributed by atoms with Crippen molar-refractivity contribution in [3.05, 3.63) is 42.0 Å². The number of nitrogens with zero attached hydrogens (tertiary/aromatic N) is 1. The van der Waals surface area contributed by atoms with Crippen LogP contribution in [0.3, 0.4) is 0 Å². The molecule has 0 spiro atoms. The maximum Gasteiger partial charge on any atom is 0.317 e. The Hall–Kier alpha value is -2.51. The Morgan fingerprint density at radius 3 is 2.67 bits per heavy atom. The number of carboxylic acid groups (broad SMARTS) is 1. The number of terminal acetylenes is 1. The van der Waals surface area contributed by atoms with Crippen LogP contribution in [-0.2, 0) is 11.3 Å². The second kappa shape index (κ2) is 6.78. The number of fused-ring (bicyclic) bond motifs is 1. The van der Waals surface area contributed by atoms with Crippen molar-refractivity contribution in [1.29, 1.82) is 0 Å². The molecule has 4 heteroatoms. The van der Waals surface area contributed by atoms with E-state index >= 15 is 0 Å². The van der Waals surface area contributed by atoms with Crippen molar-refractivity contribution in [2.24, 2.45) is 0 Å². The van der Waals surface area contributed by atoms with E-state index in [1.165, 1.54) is 0 Å². The lowest BCUT2D eigenvalue weighted by Crippen LogP contribution is -2.29. The van der Waals surface area contributed by atoms with Gasteiger partial charge in [0, 0.05) is 6.54 Å². The fourth-order valence-corrected chi connectivity index (χ4v) is 2.24. The second-order valence-corrected chi connectivity index (χ2v) is 4.79. The van der Waals surface area contributed by atoms with E-state index in [9.17, 15) is 4.79 Å². The summed E-state index contributed by atoms with van der Waals surface area (Å²) < 4.78 is 5.20. The van der Waals surface area contributed by atoms with Crippen LogP contribution >= 0.6 is 0 Å². The molecule has 2 aromatic carbocycles. The zero-order valence-corrected chi connectivity index (χ0v) is 11.9. The third-order valence-corrected chi connectivity index (χ3v) is 3.19. The van der Waals surface area contributed by atoms with Gasteiger partial charge in [-0.2, -0.15) is 0 Å². The lowest BCUT2D eigenvalue weighted by molar-refractivity contribution is -0.138. The van der Waals surface area contributed by atoms with E-state index < -0.39 is 5.97 Å². The Kier molecular flexibility index (Phi) is 4.81. The topological polar surface area (TPSA) is 49.8 Å². The van der Waals surface area contributed by atoms with Gasteiger partial charge in [-0.15, -0.1) is 6.42 Å². The fraction of sp³-hybridized carbons (Fsp3) is 0.235. The molecule has 0 bridgehead atoms. The highest BCUT2D eigenvalue weighted by atomic mass is 16.5. The summed E-state index contributed by atoms with van der Waals surface area (Å²) in [5.74, 6) is 2.43. The summed E-state index contributed by atoms with van der Waals surface area (Å²) in [4.78, 5) is 12.5. The van der Waals surface area contributed by atoms with E-state index in [-0.39, 0.29) is 6.54 Å². The van der Waals surface area contributed by atoms with Gasteiger partial charge >= 0.3 is 5.97 Å². The first-order chi connectivity index (χ1) is 10.1. The van der Waals surface area contributed by atoms with E-state index in [4.69, 9.17) is 16.3 Å². The molecule has 0 aliphatic carbocycles. The fourth-order valence-electron chi connectivity index (χ4n) is 2.24. The summed E-state index contributed by atoms with van der Waals surface area (Å²) >= 11 is 0. The molecule has 0 radical (unpaired) electrons. The van der Waals surface area contributed by atoms with Crippen LogP contribution in [0.2, 0.25) is 0 Å². The zero-order valence-electron chi connectivity index (χ0n) is 11.9. The van der Waals surface area contributed by atoms with Gasteiger partial charge in [0.25, 0.3) is 0 Å². The molecule has 0 saturated heterocycles. The minimum atomic E-state index is -0.879. The summed E-state index contributed by atoms with van der Waals surface area (Å²) in [5.41, 5.74) is 1.03. The summed E-state index contributed by atoms with van der Waals surface area (Å²) in [6.45, 7) is 0.760. The molecule has 0 unspecified atom stereocenters. The number of carboxylic acids is 1. The highest BCUT2D eigenvalue weighted by Gasteiger charge is 2.09. The Morgan fingerprint density at radius 1 is 1.29 bits per heavy atom. The van der Waals surface area contributed by atoms with Crippen molar-refractivity contribution in [3.8, 4) is 18.1 Å². The molecular weight excluding hydrogens is 266 g/mol. The molecule has 4 nitrogen and oxygen atoms in total. The minimum Gasteiger partial charge on any atom is -0.497 e. The SMILES string of the molecule is C#CCN(CC(=O)O)Cc1ccc2cc(OC)ccc2c1. The first-order valence-electron chi connectivity index (χ1n) is 6.56. The molecule has 0 saturated carbocycles. The van der Waals surface area contributed by atoms with Gasteiger partial charge in [-0.3, -0.25) is 9.69 Å². The third kappa shape index (κ3) is 3.98. The van der Waals surface area contributed by atoms with Crippen LogP contribution in [0.4, 0.5) is 0 Å². The van der Waals surface area contributed by atoms with Crippen LogP contribution in [0.5, 0.6) is 5.75 Å². The molecule has 0 aliphatic heterocycles. The smallest absolute Gasteiger partial charge is 0.317 e. The van der Waals surface area contributed by atoms with Crippen molar-refractivity contribution in [2.45, 2.75) is 6.54 Å². The van der Waals surface area contributed by atoms with Gasteiger partial charge in [0.1, 0.15) is 5.75 Å². The average molecular weight is 283 g/mol. The maximum absolute atomic E-state index is 10.8. The Labute approximate surface area is 123 Å². The average Bonchev–Trinajstić information content (AvgIpc) is 2.46. The maximum atomic E-state index is 10.8. The summed E-state index contributed by atoms with van der Waals surface area (Å²) in [7, 11) is 1.64. The number of aliphatic carboxylic acids is 1. The van der Waals surface area contributed by atoms with Gasteiger partial charge in [0.15, 0.2) is 0 Å². The van der Waals surface area contributed by atoms with Crippen LogP contribution < -0.4 is 4.74 Å². The monoisotopic (exact) mass is 283 g/mol. The van der Waals surface area contributed by atoms with Crippen molar-refractivity contribution in [3.63, 3.8) is 0 Å². The molecule has 0 aliphatic rings. The molecule has 0 aromatic heterocycles. The molecule has 2 aromatic rings. The van der Waals surface area contributed by atoms with Gasteiger partial charge < -0.3 is 9.84 Å². The number of benzene rings is 2. The lowest BCUT2D eigenvalue weighted by atomic mass is 10.1. The molecular formula is C17H17NO3. The number of ether oxygens (including phenoxy) is 1. The van der Waals surface area contributed by atoms with Crippen molar-refractivity contribution in [2.75, 3.05) is 20.2 Å². The molecule has 21 heavy (non-hydrogen) atoms. The molecule has 0 amide bonds. The van der Waals surface area contributed by atoms with Crippen LogP contribution in [0.15, 0.2) is 36.4 Å². The standard InChI is InChI=1S/C17H17NO3/c1-3-8-18(12-17(19)20)11-13-4-5-15-10-16(21-2)7-6-14(15)9-13/h1,4-7,9-10H,8,11-12H2,2H3,(H,19,20). The van der Waals surface area contributed by atoms with E-state index in [0.717, 1.165) is 22.1 Å². The normalized spacial score (nSPS) is 10.5. The quantitative estimate of drug-likeness (QED) is 0.827. The third-order valence-electron chi connectivity index (χ3n) is 3.19. The van der Waals surface area contributed by atoms with Crippen LogP contribution in [0.1, 0.15) is 5.56 Å². The van der Waals surface area contributed by atoms with E-state index in [0.29, 0.717) is 13.1 Å². The Bertz CT molecular complexity index is 688. The summed E-state index contributed by atoms with van der Waals surface area (Å²) in [6.07, 6.45) is 5.28. The molecule has 1 N–H and O–H groups in total. The largest absolute Gasteiger partial charge is 0.497 e. The van der Waals surface area contributed by atoms with Gasteiger partial charge in [-0.1, -0.05) is 24.1 Å².